The van der Waals surface area contributed by atoms with E-state index in [9.17, 15) is 23.7 Å². The number of para-hydroxylation sites is 1. The van der Waals surface area contributed by atoms with Gasteiger partial charge >= 0.3 is 5.97 Å². The Morgan fingerprint density at radius 3 is 2.75 bits per heavy atom. The topological polar surface area (TPSA) is 124 Å². The average Bonchev–Trinajstić information content (AvgIpc) is 3.72. The highest BCUT2D eigenvalue weighted by molar-refractivity contribution is 7.88. The third kappa shape index (κ3) is 4.33. The molecule has 3 aromatic rings. The van der Waals surface area contributed by atoms with E-state index in [1.54, 1.807) is 6.07 Å². The number of hydrogen-bond donors (Lipinski definition) is 1. The van der Waals surface area contributed by atoms with Crippen molar-refractivity contribution in [3.63, 3.8) is 0 Å². The molecule has 3 fully saturated rings. The van der Waals surface area contributed by atoms with Crippen molar-refractivity contribution in [2.75, 3.05) is 5.75 Å². The van der Waals surface area contributed by atoms with Gasteiger partial charge in [-0.15, -0.1) is 11.3 Å². The van der Waals surface area contributed by atoms with Gasteiger partial charge in [0.25, 0.3) is 0 Å². The van der Waals surface area contributed by atoms with Gasteiger partial charge in [-0.25, -0.2) is 14.2 Å². The van der Waals surface area contributed by atoms with Gasteiger partial charge in [0.1, 0.15) is 6.17 Å². The van der Waals surface area contributed by atoms with Gasteiger partial charge in [0.05, 0.1) is 39.1 Å². The van der Waals surface area contributed by atoms with Crippen molar-refractivity contribution in [1.82, 2.24) is 4.98 Å². The first kappa shape index (κ1) is 29.7. The van der Waals surface area contributed by atoms with Crippen LogP contribution in [-0.4, -0.2) is 55.5 Å². The lowest BCUT2D eigenvalue weighted by molar-refractivity contribution is -0.183. The number of aliphatic hydroxyl groups excluding tert-OH is 1. The van der Waals surface area contributed by atoms with Crippen molar-refractivity contribution < 1.29 is 37.2 Å². The first-order chi connectivity index (χ1) is 21.0. The Kier molecular flexibility index (Phi) is 7.10. The van der Waals surface area contributed by atoms with Crippen molar-refractivity contribution >= 4 is 49.9 Å². The number of hydrogen-bond acceptors (Lipinski definition) is 9. The number of nitrogens with zero attached hydrogens (tertiary/aromatic N) is 1. The van der Waals surface area contributed by atoms with Crippen molar-refractivity contribution in [2.45, 2.75) is 74.6 Å². The second kappa shape index (κ2) is 10.5. The Bertz CT molecular complexity index is 1680. The number of Topliss-reactive ketones (excluding diaryl/α,β-unsaturated/α-hetero) is 1. The van der Waals surface area contributed by atoms with Crippen LogP contribution in [0.2, 0.25) is 0 Å². The van der Waals surface area contributed by atoms with Crippen LogP contribution in [0.5, 0.6) is 0 Å². The smallest absolute Gasteiger partial charge is 0.375 e. The maximum atomic E-state index is 15.9. The quantitative estimate of drug-likeness (QED) is 0.345. The van der Waals surface area contributed by atoms with Gasteiger partial charge in [0.15, 0.2) is 21.5 Å². The van der Waals surface area contributed by atoms with Crippen LogP contribution < -0.4 is 0 Å². The number of thiazole rings is 1. The minimum Gasteiger partial charge on any atom is -0.457 e. The molecule has 7 rings (SSSR count). The number of ketones is 2. The predicted octanol–water partition coefficient (Wildman–Crippen LogP) is 5.61. The lowest BCUT2D eigenvalue weighted by Gasteiger charge is -2.61. The fourth-order valence-electron chi connectivity index (χ4n) is 9.21. The molecule has 232 valence electrons. The maximum Gasteiger partial charge on any atom is 0.375 e. The van der Waals surface area contributed by atoms with Gasteiger partial charge in [-0.3, -0.25) is 13.8 Å². The molecule has 2 aromatic heterocycles. The standard InChI is InChI=1S/C33H34FNO7S2/c1-31-11-9-18(36)14-21(31)22(34)15-19-20-10-12-33(32(20,2)16-24(37)28(19)31,42-29(39)25-7-5-13-41-25)27(38)17-44(40)30-35-23-6-3-4-8-26(23)43-30/h3-8,13-14,19-20,22,24,28,37H,9-12,15-17H2,1-2H3/t19?,20?,22-,24?,28?,31?,32?,33-,44?/m0/s1. The normalized spacial score (nSPS) is 37.0. The molecule has 7 unspecified atom stereocenters. The van der Waals surface area contributed by atoms with Crippen LogP contribution in [0.3, 0.4) is 0 Å². The first-order valence-electron chi connectivity index (χ1n) is 15.1. The zero-order chi connectivity index (χ0) is 31.0. The monoisotopic (exact) mass is 639 g/mol. The van der Waals surface area contributed by atoms with E-state index in [0.717, 1.165) is 4.70 Å². The molecule has 0 spiro atoms. The lowest BCUT2D eigenvalue weighted by Crippen LogP contribution is -2.64. The van der Waals surface area contributed by atoms with E-state index in [1.807, 2.05) is 38.1 Å². The molecule has 9 atom stereocenters. The van der Waals surface area contributed by atoms with Crippen LogP contribution in [0.25, 0.3) is 10.2 Å². The number of halogens is 1. The summed E-state index contributed by atoms with van der Waals surface area (Å²) >= 11 is 1.25. The summed E-state index contributed by atoms with van der Waals surface area (Å²) in [5.41, 5.74) is -2.32. The molecule has 4 aliphatic carbocycles. The third-order valence-electron chi connectivity index (χ3n) is 11.2. The number of ether oxygens (including phenoxy) is 1. The molecule has 0 radical (unpaired) electrons. The summed E-state index contributed by atoms with van der Waals surface area (Å²) in [5, 5.41) is 11.9. The number of aliphatic hydroxyl groups is 1. The molecule has 8 nitrogen and oxygen atoms in total. The van der Waals surface area contributed by atoms with Gasteiger partial charge in [-0.2, -0.15) is 0 Å². The van der Waals surface area contributed by atoms with E-state index in [0.29, 0.717) is 34.7 Å². The molecule has 0 amide bonds. The van der Waals surface area contributed by atoms with Crippen LogP contribution in [0.1, 0.15) is 62.9 Å². The SMILES string of the molecule is CC12CCC(=O)C=C1[C@@H](F)CC1C2C(O)CC2(C)C1CC[C@]2(OC(=O)c1ccco1)C(=O)CS(=O)c1nc2ccccc2s1. The summed E-state index contributed by atoms with van der Waals surface area (Å²) in [6.45, 7) is 3.80. The van der Waals surface area contributed by atoms with E-state index in [-0.39, 0.29) is 48.6 Å². The fourth-order valence-corrected chi connectivity index (χ4v) is 11.5. The summed E-state index contributed by atoms with van der Waals surface area (Å²) in [6, 6.07) is 10.4. The van der Waals surface area contributed by atoms with E-state index in [2.05, 4.69) is 4.98 Å². The zero-order valence-corrected chi connectivity index (χ0v) is 26.1. The van der Waals surface area contributed by atoms with Crippen LogP contribution in [0, 0.1) is 28.6 Å². The number of rotatable bonds is 6. The molecule has 2 heterocycles. The number of benzene rings is 1. The van der Waals surface area contributed by atoms with Crippen LogP contribution in [0.4, 0.5) is 4.39 Å². The Labute approximate surface area is 260 Å². The summed E-state index contributed by atoms with van der Waals surface area (Å²) in [5.74, 6) is -2.77. The molecule has 44 heavy (non-hydrogen) atoms. The highest BCUT2D eigenvalue weighted by Gasteiger charge is 2.71. The summed E-state index contributed by atoms with van der Waals surface area (Å²) in [7, 11) is -1.81. The van der Waals surface area contributed by atoms with Gasteiger partial charge < -0.3 is 14.3 Å². The van der Waals surface area contributed by atoms with E-state index < -0.39 is 57.0 Å². The number of esters is 1. The van der Waals surface area contributed by atoms with Crippen LogP contribution >= 0.6 is 11.3 Å². The zero-order valence-electron chi connectivity index (χ0n) is 24.5. The second-order valence-corrected chi connectivity index (χ2v) is 15.9. The van der Waals surface area contributed by atoms with Crippen LogP contribution in [0.15, 0.2) is 63.1 Å². The van der Waals surface area contributed by atoms with Gasteiger partial charge in [0.2, 0.25) is 5.76 Å². The number of carbonyl (C=O) groups is 3. The van der Waals surface area contributed by atoms with Gasteiger partial charge in [-0.05, 0) is 91.2 Å². The minimum atomic E-state index is -1.81. The summed E-state index contributed by atoms with van der Waals surface area (Å²) in [6.07, 6.45) is 2.13. The summed E-state index contributed by atoms with van der Waals surface area (Å²) in [4.78, 5) is 44.6. The second-order valence-electron chi connectivity index (χ2n) is 13.3. The van der Waals surface area contributed by atoms with Crippen molar-refractivity contribution in [3.8, 4) is 0 Å². The number of alkyl halides is 1. The molecule has 0 saturated heterocycles. The molecule has 0 bridgehead atoms. The molecule has 3 saturated carbocycles. The highest BCUT2D eigenvalue weighted by atomic mass is 32.2. The maximum absolute atomic E-state index is 15.9. The Hall–Kier alpha value is -3.02. The van der Waals surface area contributed by atoms with Gasteiger partial charge in [-0.1, -0.05) is 26.0 Å². The number of furan rings is 1. The average molecular weight is 640 g/mol. The number of carbonyl (C=O) groups excluding carboxylic acids is 3. The lowest BCUT2D eigenvalue weighted by atomic mass is 9.45. The van der Waals surface area contributed by atoms with Crippen molar-refractivity contribution in [2.24, 2.45) is 28.6 Å². The van der Waals surface area contributed by atoms with Crippen molar-refractivity contribution in [3.05, 3.63) is 60.1 Å². The fraction of sp³-hybridized carbons (Fsp3) is 0.515. The largest absolute Gasteiger partial charge is 0.457 e. The van der Waals surface area contributed by atoms with E-state index >= 15 is 4.39 Å². The molecular formula is C33H34FNO7S2. The molecule has 1 aromatic carbocycles. The third-order valence-corrected chi connectivity index (χ3v) is 13.8. The molecule has 0 aliphatic heterocycles. The summed E-state index contributed by atoms with van der Waals surface area (Å²) < 4.78 is 42.1. The Morgan fingerprint density at radius 2 is 2.00 bits per heavy atom. The van der Waals surface area contributed by atoms with E-state index in [4.69, 9.17) is 9.15 Å². The highest BCUT2D eigenvalue weighted by Crippen LogP contribution is 2.68. The number of allylic oxidation sites excluding steroid dienone is 1. The predicted molar refractivity (Wildman–Crippen MR) is 161 cm³/mol. The number of fused-ring (bicyclic) bond motifs is 6. The van der Waals surface area contributed by atoms with E-state index in [1.165, 1.54) is 29.7 Å². The Balaban J connectivity index is 1.26. The Morgan fingerprint density at radius 1 is 1.20 bits per heavy atom. The minimum absolute atomic E-state index is 0.0681. The van der Waals surface area contributed by atoms with Crippen molar-refractivity contribution in [1.29, 1.82) is 0 Å². The molecular weight excluding hydrogens is 605 g/mol. The first-order valence-corrected chi connectivity index (χ1v) is 17.2. The molecule has 1 N–H and O–H groups in total. The molecule has 11 heteroatoms. The van der Waals surface area contributed by atoms with Gasteiger partial charge in [0, 0.05) is 11.8 Å². The molecule has 4 aliphatic rings. The van der Waals surface area contributed by atoms with Crippen LogP contribution in [-0.2, 0) is 25.1 Å². The number of aromatic nitrogens is 1.